The number of ether oxygens (including phenoxy) is 1. The van der Waals surface area contributed by atoms with Crippen molar-refractivity contribution in [3.05, 3.63) is 57.0 Å². The molecule has 0 aromatic heterocycles. The number of hydrogen-bond acceptors (Lipinski definition) is 2. The van der Waals surface area contributed by atoms with Crippen LogP contribution in [0.1, 0.15) is 5.56 Å². The van der Waals surface area contributed by atoms with Gasteiger partial charge in [0.1, 0.15) is 11.6 Å². The minimum Gasteiger partial charge on any atom is -0.453 e. The van der Waals surface area contributed by atoms with Gasteiger partial charge in [-0.2, -0.15) is 4.39 Å². The number of nitrogens with two attached hydrogens (primary N) is 1. The average molecular weight is 362 g/mol. The van der Waals surface area contributed by atoms with E-state index < -0.39 is 11.6 Å². The molecule has 3 nitrogen and oxygen atoms in total. The fourth-order valence-electron chi connectivity index (χ4n) is 1.53. The van der Waals surface area contributed by atoms with E-state index in [1.165, 1.54) is 24.3 Å². The Morgan fingerprint density at radius 1 is 1.20 bits per heavy atom. The van der Waals surface area contributed by atoms with Crippen LogP contribution in [0, 0.1) is 17.0 Å². The molecule has 3 N–H and O–H groups in total. The number of nitrogens with one attached hydrogen (secondary N) is 1. The van der Waals surface area contributed by atoms with Crippen molar-refractivity contribution in [1.29, 1.82) is 5.41 Å². The highest BCUT2D eigenvalue weighted by Gasteiger charge is 2.15. The lowest BCUT2D eigenvalue weighted by molar-refractivity contribution is 0.415. The van der Waals surface area contributed by atoms with Gasteiger partial charge in [0.15, 0.2) is 11.6 Å². The summed E-state index contributed by atoms with van der Waals surface area (Å²) in [6.07, 6.45) is 0. The van der Waals surface area contributed by atoms with Gasteiger partial charge in [-0.3, -0.25) is 5.41 Å². The van der Waals surface area contributed by atoms with Crippen LogP contribution in [0.5, 0.6) is 11.5 Å². The summed E-state index contributed by atoms with van der Waals surface area (Å²) in [7, 11) is 0. The van der Waals surface area contributed by atoms with Crippen LogP contribution in [0.15, 0.2) is 34.8 Å². The van der Waals surface area contributed by atoms with Crippen molar-refractivity contribution in [2.75, 3.05) is 0 Å². The van der Waals surface area contributed by atoms with Crippen molar-refractivity contribution in [2.24, 2.45) is 5.73 Å². The molecule has 0 atom stereocenters. The van der Waals surface area contributed by atoms with Crippen LogP contribution in [0.4, 0.5) is 8.78 Å². The molecule has 2 rings (SSSR count). The summed E-state index contributed by atoms with van der Waals surface area (Å²) in [4.78, 5) is 0. The Hall–Kier alpha value is -1.66. The monoisotopic (exact) mass is 360 g/mol. The van der Waals surface area contributed by atoms with E-state index in [0.717, 1.165) is 6.07 Å². The number of nitrogen functional groups attached to an aromatic ring is 1. The SMILES string of the molecule is N=C(N)c1ccc(Cl)cc1Oc1cc(Br)cc(F)c1F. The van der Waals surface area contributed by atoms with Crippen LogP contribution >= 0.6 is 27.5 Å². The summed E-state index contributed by atoms with van der Waals surface area (Å²) in [6.45, 7) is 0. The summed E-state index contributed by atoms with van der Waals surface area (Å²) in [5, 5.41) is 7.75. The van der Waals surface area contributed by atoms with Gasteiger partial charge in [-0.1, -0.05) is 27.5 Å². The first kappa shape index (κ1) is 14.7. The van der Waals surface area contributed by atoms with Crippen molar-refractivity contribution >= 4 is 33.4 Å². The maximum absolute atomic E-state index is 13.7. The fourth-order valence-corrected chi connectivity index (χ4v) is 2.10. The second-order valence-electron chi connectivity index (χ2n) is 3.86. The molecule has 7 heteroatoms. The van der Waals surface area contributed by atoms with E-state index >= 15 is 0 Å². The van der Waals surface area contributed by atoms with Crippen molar-refractivity contribution in [3.63, 3.8) is 0 Å². The standard InChI is InChI=1S/C13H8BrClF2N2O/c14-6-3-9(16)12(17)11(4-6)20-10-5-7(15)1-2-8(10)13(18)19/h1-5H,(H3,18,19). The van der Waals surface area contributed by atoms with Crippen LogP contribution in [0.2, 0.25) is 5.02 Å². The highest BCUT2D eigenvalue weighted by atomic mass is 79.9. The molecule has 0 heterocycles. The number of rotatable bonds is 3. The minimum atomic E-state index is -1.14. The first-order valence-corrected chi connectivity index (χ1v) is 6.52. The Kier molecular flexibility index (Phi) is 4.25. The molecule has 0 aliphatic heterocycles. The minimum absolute atomic E-state index is 0.0707. The molecule has 0 unspecified atom stereocenters. The van der Waals surface area contributed by atoms with Crippen LogP contribution in [0.25, 0.3) is 0 Å². The van der Waals surface area contributed by atoms with Gasteiger partial charge < -0.3 is 10.5 Å². The van der Waals surface area contributed by atoms with E-state index in [1.54, 1.807) is 0 Å². The molecule has 0 bridgehead atoms. The summed E-state index contributed by atoms with van der Waals surface area (Å²) in [6, 6.07) is 6.60. The molecule has 0 amide bonds. The molecule has 0 fully saturated rings. The van der Waals surface area contributed by atoms with Gasteiger partial charge in [0.2, 0.25) is 5.82 Å². The van der Waals surface area contributed by atoms with Crippen molar-refractivity contribution in [3.8, 4) is 11.5 Å². The summed E-state index contributed by atoms with van der Waals surface area (Å²) in [5.41, 5.74) is 5.63. The van der Waals surface area contributed by atoms with E-state index in [1.807, 2.05) is 0 Å². The molecule has 0 spiro atoms. The van der Waals surface area contributed by atoms with Crippen molar-refractivity contribution in [1.82, 2.24) is 0 Å². The van der Waals surface area contributed by atoms with Gasteiger partial charge in [-0.25, -0.2) is 4.39 Å². The van der Waals surface area contributed by atoms with Crippen LogP contribution in [0.3, 0.4) is 0 Å². The third-order valence-electron chi connectivity index (χ3n) is 2.41. The van der Waals surface area contributed by atoms with E-state index in [4.69, 9.17) is 27.5 Å². The van der Waals surface area contributed by atoms with Gasteiger partial charge in [0.05, 0.1) is 5.56 Å². The Morgan fingerprint density at radius 3 is 2.55 bits per heavy atom. The molecule has 2 aromatic rings. The molecule has 0 saturated heterocycles. The molecule has 20 heavy (non-hydrogen) atoms. The van der Waals surface area contributed by atoms with E-state index in [-0.39, 0.29) is 22.9 Å². The highest BCUT2D eigenvalue weighted by Crippen LogP contribution is 2.32. The maximum atomic E-state index is 13.7. The smallest absolute Gasteiger partial charge is 0.201 e. The van der Waals surface area contributed by atoms with Gasteiger partial charge in [-0.05, 0) is 24.3 Å². The molecule has 0 aliphatic rings. The number of benzene rings is 2. The normalized spacial score (nSPS) is 10.4. The number of amidine groups is 1. The predicted octanol–water partition coefficient (Wildman–Crippen LogP) is 4.46. The van der Waals surface area contributed by atoms with Crippen molar-refractivity contribution in [2.45, 2.75) is 0 Å². The van der Waals surface area contributed by atoms with Gasteiger partial charge >= 0.3 is 0 Å². The van der Waals surface area contributed by atoms with Crippen LogP contribution in [-0.4, -0.2) is 5.84 Å². The first-order valence-electron chi connectivity index (χ1n) is 5.35. The lowest BCUT2D eigenvalue weighted by atomic mass is 10.2. The summed E-state index contributed by atoms with van der Waals surface area (Å²) >= 11 is 8.86. The van der Waals surface area contributed by atoms with Gasteiger partial charge in [0, 0.05) is 15.6 Å². The highest BCUT2D eigenvalue weighted by molar-refractivity contribution is 9.10. The predicted molar refractivity (Wildman–Crippen MR) is 76.6 cm³/mol. The Bertz CT molecular complexity index is 694. The van der Waals surface area contributed by atoms with Gasteiger partial charge in [0.25, 0.3) is 0 Å². The topological polar surface area (TPSA) is 59.1 Å². The zero-order valence-electron chi connectivity index (χ0n) is 9.88. The maximum Gasteiger partial charge on any atom is 0.201 e. The Balaban J connectivity index is 2.50. The van der Waals surface area contributed by atoms with Crippen LogP contribution < -0.4 is 10.5 Å². The lowest BCUT2D eigenvalue weighted by Gasteiger charge is -2.12. The first-order chi connectivity index (χ1) is 9.38. The lowest BCUT2D eigenvalue weighted by Crippen LogP contribution is -2.12. The molecular weight excluding hydrogens is 354 g/mol. The summed E-state index contributed by atoms with van der Waals surface area (Å²) in [5.74, 6) is -2.72. The second kappa shape index (κ2) is 5.76. The molecule has 0 radical (unpaired) electrons. The summed E-state index contributed by atoms with van der Waals surface area (Å²) < 4.78 is 32.6. The van der Waals surface area contributed by atoms with E-state index in [2.05, 4.69) is 15.9 Å². The quantitative estimate of drug-likeness (QED) is 0.482. The largest absolute Gasteiger partial charge is 0.453 e. The zero-order valence-corrected chi connectivity index (χ0v) is 12.2. The molecule has 2 aromatic carbocycles. The second-order valence-corrected chi connectivity index (χ2v) is 5.21. The third kappa shape index (κ3) is 3.08. The van der Waals surface area contributed by atoms with Gasteiger partial charge in [-0.15, -0.1) is 0 Å². The van der Waals surface area contributed by atoms with Crippen molar-refractivity contribution < 1.29 is 13.5 Å². The van der Waals surface area contributed by atoms with E-state index in [0.29, 0.717) is 9.50 Å². The molecular formula is C13H8BrClF2N2O. The third-order valence-corrected chi connectivity index (χ3v) is 3.11. The van der Waals surface area contributed by atoms with E-state index in [9.17, 15) is 8.78 Å². The Morgan fingerprint density at radius 2 is 1.90 bits per heavy atom. The fraction of sp³-hybridized carbons (Fsp3) is 0. The molecule has 104 valence electrons. The number of hydrogen-bond donors (Lipinski definition) is 2. The van der Waals surface area contributed by atoms with Crippen LogP contribution in [-0.2, 0) is 0 Å². The Labute approximate surface area is 126 Å². The molecule has 0 saturated carbocycles. The zero-order chi connectivity index (χ0) is 14.9. The average Bonchev–Trinajstić information content (AvgIpc) is 2.35. The molecule has 0 aliphatic carbocycles. The number of halogens is 4.